The van der Waals surface area contributed by atoms with Gasteiger partial charge in [0.15, 0.2) is 0 Å². The molecule has 0 spiro atoms. The Balaban J connectivity index is 1.61. The van der Waals surface area contributed by atoms with Gasteiger partial charge in [0, 0.05) is 11.6 Å². The van der Waals surface area contributed by atoms with E-state index in [1.165, 1.54) is 11.3 Å². The summed E-state index contributed by atoms with van der Waals surface area (Å²) in [5.41, 5.74) is 1.10. The minimum absolute atomic E-state index is 0.142. The number of amides is 1. The second kappa shape index (κ2) is 6.84. The average Bonchev–Trinajstić information content (AvgIpc) is 3.35. The molecule has 2 heterocycles. The summed E-state index contributed by atoms with van der Waals surface area (Å²) in [6.45, 7) is -0.488. The Morgan fingerprint density at radius 2 is 2.00 bits per heavy atom. The highest BCUT2D eigenvalue weighted by Crippen LogP contribution is 2.36. The Hall–Kier alpha value is -1.62. The highest BCUT2D eigenvalue weighted by atomic mass is 32.1. The van der Waals surface area contributed by atoms with Gasteiger partial charge in [0.1, 0.15) is 35.5 Å². The van der Waals surface area contributed by atoms with Gasteiger partial charge in [-0.3, -0.25) is 4.79 Å². The van der Waals surface area contributed by atoms with Crippen molar-refractivity contribution in [2.75, 3.05) is 6.61 Å². The SMILES string of the molecule is O=C(NC1CC1)c1ccc2sc([C@@H]3O[C@H](CO)[C@H](O)[C@H](O)[C@H]3O)nc2c1. The Bertz CT molecular complexity index is 821. The number of hydrogen-bond donors (Lipinski definition) is 5. The quantitative estimate of drug-likeness (QED) is 0.492. The maximum atomic E-state index is 12.2. The van der Waals surface area contributed by atoms with E-state index in [0.29, 0.717) is 16.1 Å². The lowest BCUT2D eigenvalue weighted by Gasteiger charge is -2.39. The standard InChI is InChI=1S/C17H20N2O6S/c20-6-10-12(21)13(22)14(23)15(25-10)17-19-9-5-7(1-4-11(9)26-17)16(24)18-8-2-3-8/h1,4-5,8,10,12-15,20-23H,2-3,6H2,(H,18,24)/t10-,12+,13+,14-,15-/m1/s1. The van der Waals surface area contributed by atoms with Gasteiger partial charge in [0.2, 0.25) is 0 Å². The van der Waals surface area contributed by atoms with E-state index in [9.17, 15) is 25.2 Å². The number of hydrogen-bond acceptors (Lipinski definition) is 8. The van der Waals surface area contributed by atoms with Crippen LogP contribution in [0.25, 0.3) is 10.2 Å². The van der Waals surface area contributed by atoms with Crippen LogP contribution in [0.3, 0.4) is 0 Å². The fraction of sp³-hybridized carbons (Fsp3) is 0.529. The van der Waals surface area contributed by atoms with Gasteiger partial charge in [-0.2, -0.15) is 0 Å². The zero-order chi connectivity index (χ0) is 18.4. The highest BCUT2D eigenvalue weighted by molar-refractivity contribution is 7.18. The minimum atomic E-state index is -1.45. The lowest BCUT2D eigenvalue weighted by Crippen LogP contribution is -2.55. The molecule has 1 saturated heterocycles. The number of aliphatic hydroxyl groups is 4. The molecular weight excluding hydrogens is 360 g/mol. The lowest BCUT2D eigenvalue weighted by molar-refractivity contribution is -0.231. The fourth-order valence-corrected chi connectivity index (χ4v) is 4.04. The van der Waals surface area contributed by atoms with Crippen molar-refractivity contribution in [3.05, 3.63) is 28.8 Å². The normalized spacial score (nSPS) is 31.9. The zero-order valence-electron chi connectivity index (χ0n) is 13.8. The molecule has 26 heavy (non-hydrogen) atoms. The van der Waals surface area contributed by atoms with Crippen molar-refractivity contribution in [2.45, 2.75) is 49.4 Å². The Kier molecular flexibility index (Phi) is 4.68. The van der Waals surface area contributed by atoms with Gasteiger partial charge in [-0.05, 0) is 31.0 Å². The molecule has 8 nitrogen and oxygen atoms in total. The van der Waals surface area contributed by atoms with Crippen molar-refractivity contribution in [3.63, 3.8) is 0 Å². The van der Waals surface area contributed by atoms with Crippen molar-refractivity contribution >= 4 is 27.5 Å². The Labute approximate surface area is 153 Å². The third-order valence-corrected chi connectivity index (χ3v) is 5.81. The molecule has 0 radical (unpaired) electrons. The van der Waals surface area contributed by atoms with Crippen LogP contribution in [0.1, 0.15) is 34.3 Å². The van der Waals surface area contributed by atoms with Crippen molar-refractivity contribution in [1.82, 2.24) is 10.3 Å². The average molecular weight is 380 g/mol. The van der Waals surface area contributed by atoms with Crippen LogP contribution in [-0.4, -0.2) is 68.4 Å². The Morgan fingerprint density at radius 3 is 2.69 bits per heavy atom. The van der Waals surface area contributed by atoms with Crippen LogP contribution < -0.4 is 5.32 Å². The molecule has 9 heteroatoms. The second-order valence-electron chi connectivity index (χ2n) is 6.73. The predicted molar refractivity (Wildman–Crippen MR) is 92.8 cm³/mol. The molecule has 2 fully saturated rings. The van der Waals surface area contributed by atoms with E-state index in [1.54, 1.807) is 18.2 Å². The lowest BCUT2D eigenvalue weighted by atomic mass is 9.95. The first-order chi connectivity index (χ1) is 12.5. The molecule has 2 aliphatic rings. The molecule has 1 aliphatic carbocycles. The maximum Gasteiger partial charge on any atom is 0.251 e. The maximum absolute atomic E-state index is 12.2. The van der Waals surface area contributed by atoms with E-state index in [4.69, 9.17) is 4.74 Å². The number of thiazole rings is 1. The molecule has 1 saturated carbocycles. The summed E-state index contributed by atoms with van der Waals surface area (Å²) >= 11 is 1.27. The molecule has 5 atom stereocenters. The summed E-state index contributed by atoms with van der Waals surface area (Å²) in [5.74, 6) is -0.142. The summed E-state index contributed by atoms with van der Waals surface area (Å²) in [4.78, 5) is 16.6. The number of aliphatic hydroxyl groups excluding tert-OH is 4. The van der Waals surface area contributed by atoms with Crippen LogP contribution in [-0.2, 0) is 4.74 Å². The fourth-order valence-electron chi connectivity index (χ4n) is 3.01. The van der Waals surface area contributed by atoms with Gasteiger partial charge in [0.05, 0.1) is 16.8 Å². The van der Waals surface area contributed by atoms with Crippen molar-refractivity contribution in [1.29, 1.82) is 0 Å². The van der Waals surface area contributed by atoms with Gasteiger partial charge in [0.25, 0.3) is 5.91 Å². The van der Waals surface area contributed by atoms with E-state index >= 15 is 0 Å². The summed E-state index contributed by atoms with van der Waals surface area (Å²) in [6, 6.07) is 5.44. The first kappa shape index (κ1) is 17.8. The number of aromatic nitrogens is 1. The van der Waals surface area contributed by atoms with Gasteiger partial charge >= 0.3 is 0 Å². The van der Waals surface area contributed by atoms with Crippen LogP contribution in [0.2, 0.25) is 0 Å². The second-order valence-corrected chi connectivity index (χ2v) is 7.79. The van der Waals surface area contributed by atoms with Crippen molar-refractivity contribution in [2.24, 2.45) is 0 Å². The van der Waals surface area contributed by atoms with Gasteiger partial charge in [-0.1, -0.05) is 0 Å². The smallest absolute Gasteiger partial charge is 0.251 e. The summed E-state index contributed by atoms with van der Waals surface area (Å²) < 4.78 is 6.35. The number of carbonyl (C=O) groups excluding carboxylic acids is 1. The molecule has 1 aromatic heterocycles. The van der Waals surface area contributed by atoms with E-state index < -0.39 is 37.1 Å². The van der Waals surface area contributed by atoms with E-state index in [2.05, 4.69) is 10.3 Å². The number of rotatable bonds is 4. The number of ether oxygens (including phenoxy) is 1. The molecule has 1 aliphatic heterocycles. The first-order valence-electron chi connectivity index (χ1n) is 8.50. The number of nitrogens with zero attached hydrogens (tertiary/aromatic N) is 1. The third-order valence-electron chi connectivity index (χ3n) is 4.71. The van der Waals surface area contributed by atoms with Crippen LogP contribution in [0.4, 0.5) is 0 Å². The summed E-state index contributed by atoms with van der Waals surface area (Å²) in [7, 11) is 0. The molecule has 2 aromatic rings. The molecule has 5 N–H and O–H groups in total. The first-order valence-corrected chi connectivity index (χ1v) is 9.31. The topological polar surface area (TPSA) is 132 Å². The summed E-state index contributed by atoms with van der Waals surface area (Å²) in [6.07, 6.45) is -4.16. The van der Waals surface area contributed by atoms with Crippen LogP contribution in [0.15, 0.2) is 18.2 Å². The molecule has 0 bridgehead atoms. The van der Waals surface area contributed by atoms with E-state index in [0.717, 1.165) is 17.5 Å². The summed E-state index contributed by atoms with van der Waals surface area (Å²) in [5, 5.41) is 42.7. The van der Waals surface area contributed by atoms with Crippen molar-refractivity contribution in [3.8, 4) is 0 Å². The Morgan fingerprint density at radius 1 is 1.23 bits per heavy atom. The molecule has 1 amide bonds. The third kappa shape index (κ3) is 3.22. The minimum Gasteiger partial charge on any atom is -0.394 e. The molecule has 0 unspecified atom stereocenters. The zero-order valence-corrected chi connectivity index (χ0v) is 14.6. The molecule has 140 valence electrons. The molecule has 4 rings (SSSR count). The molecular formula is C17H20N2O6S. The number of fused-ring (bicyclic) bond motifs is 1. The van der Waals surface area contributed by atoms with Crippen molar-refractivity contribution < 1.29 is 30.0 Å². The molecule has 1 aromatic carbocycles. The number of carbonyl (C=O) groups is 1. The predicted octanol–water partition coefficient (Wildman–Crippen LogP) is -0.297. The largest absolute Gasteiger partial charge is 0.394 e. The van der Waals surface area contributed by atoms with E-state index in [-0.39, 0.29) is 11.9 Å². The number of nitrogens with one attached hydrogen (secondary N) is 1. The monoisotopic (exact) mass is 380 g/mol. The van der Waals surface area contributed by atoms with Crippen LogP contribution >= 0.6 is 11.3 Å². The number of benzene rings is 1. The van der Waals surface area contributed by atoms with Crippen LogP contribution in [0.5, 0.6) is 0 Å². The van der Waals surface area contributed by atoms with Gasteiger partial charge in [-0.25, -0.2) is 4.98 Å². The van der Waals surface area contributed by atoms with Gasteiger partial charge < -0.3 is 30.5 Å². The highest BCUT2D eigenvalue weighted by Gasteiger charge is 2.45. The van der Waals surface area contributed by atoms with Gasteiger partial charge in [-0.15, -0.1) is 11.3 Å². The van der Waals surface area contributed by atoms with E-state index in [1.807, 2.05) is 0 Å². The van der Waals surface area contributed by atoms with Crippen LogP contribution in [0, 0.1) is 0 Å².